The van der Waals surface area contributed by atoms with Gasteiger partial charge in [0.2, 0.25) is 5.91 Å². The van der Waals surface area contributed by atoms with E-state index in [-0.39, 0.29) is 12.3 Å². The van der Waals surface area contributed by atoms with Gasteiger partial charge in [-0.1, -0.05) is 28.9 Å². The first-order valence-corrected chi connectivity index (χ1v) is 12.0. The molecule has 0 saturated carbocycles. The maximum absolute atomic E-state index is 12.9. The van der Waals surface area contributed by atoms with E-state index in [1.165, 1.54) is 4.88 Å². The molecule has 174 valence electrons. The Labute approximate surface area is 205 Å². The normalized spacial score (nSPS) is 14.9. The summed E-state index contributed by atoms with van der Waals surface area (Å²) in [5.74, 6) is 1.26. The number of aromatic nitrogens is 6. The fourth-order valence-electron chi connectivity index (χ4n) is 4.05. The van der Waals surface area contributed by atoms with Gasteiger partial charge in [-0.05, 0) is 38.5 Å². The van der Waals surface area contributed by atoms with Gasteiger partial charge in [-0.3, -0.25) is 19.0 Å². The second-order valence-electron chi connectivity index (χ2n) is 8.27. The van der Waals surface area contributed by atoms with Gasteiger partial charge in [0.15, 0.2) is 5.82 Å². The number of aryl methyl sites for hydroxylation is 3. The number of carbonyl (C=O) groups is 1. The van der Waals surface area contributed by atoms with Crippen LogP contribution in [0.3, 0.4) is 0 Å². The summed E-state index contributed by atoms with van der Waals surface area (Å²) in [4.78, 5) is 19.2. The first kappa shape index (κ1) is 22.4. The molecule has 4 heterocycles. The molecule has 5 rings (SSSR count). The zero-order chi connectivity index (χ0) is 24.0. The fraction of sp³-hybridized carbons (Fsp3) is 0.304. The van der Waals surface area contributed by atoms with Gasteiger partial charge >= 0.3 is 0 Å². The van der Waals surface area contributed by atoms with E-state index in [1.54, 1.807) is 29.3 Å². The summed E-state index contributed by atoms with van der Waals surface area (Å²) in [5, 5.41) is 21.3. The van der Waals surface area contributed by atoms with Gasteiger partial charge in [0.25, 0.3) is 0 Å². The van der Waals surface area contributed by atoms with Crippen LogP contribution in [0.1, 0.15) is 51.4 Å². The molecule has 1 aromatic carbocycles. The topological polar surface area (TPSA) is 103 Å². The molecule has 1 aliphatic heterocycles. The first-order valence-electron chi connectivity index (χ1n) is 10.8. The number of benzene rings is 1. The number of nitrogens with one attached hydrogen (secondary N) is 1. The second-order valence-corrected chi connectivity index (χ2v) is 9.91. The molecule has 1 amide bonds. The summed E-state index contributed by atoms with van der Waals surface area (Å²) in [6.45, 7) is 6.42. The van der Waals surface area contributed by atoms with Crippen molar-refractivity contribution in [1.29, 1.82) is 0 Å². The molecule has 1 N–H and O–H groups in total. The standard InChI is InChI=1S/C23H23ClN8OS/c1-12-13(2)34-23-20(12)21(15-5-7-16(24)8-6-15)26-18(22-29-27-14(3)32(22)23)9-19(33)25-10-17-11-31(4)30-28-17/h5-8,11,18H,9-10H2,1-4H3,(H,25,33)/t18-/m0/s1. The Morgan fingerprint density at radius 1 is 1.15 bits per heavy atom. The highest BCUT2D eigenvalue weighted by Gasteiger charge is 2.32. The molecule has 0 saturated heterocycles. The summed E-state index contributed by atoms with van der Waals surface area (Å²) in [7, 11) is 1.79. The molecule has 34 heavy (non-hydrogen) atoms. The number of thiophene rings is 1. The Balaban J connectivity index is 1.56. The lowest BCUT2D eigenvalue weighted by Gasteiger charge is -2.13. The van der Waals surface area contributed by atoms with Crippen LogP contribution >= 0.6 is 22.9 Å². The average molecular weight is 495 g/mol. The van der Waals surface area contributed by atoms with E-state index < -0.39 is 6.04 Å². The van der Waals surface area contributed by atoms with E-state index >= 15 is 0 Å². The van der Waals surface area contributed by atoms with Crippen molar-refractivity contribution in [3.8, 4) is 5.00 Å². The number of nitrogens with zero attached hydrogens (tertiary/aromatic N) is 7. The van der Waals surface area contributed by atoms with Gasteiger partial charge < -0.3 is 5.32 Å². The molecular formula is C23H23ClN8OS. The van der Waals surface area contributed by atoms with Gasteiger partial charge in [-0.2, -0.15) is 0 Å². The molecule has 4 aromatic rings. The predicted octanol–water partition coefficient (Wildman–Crippen LogP) is 3.63. The predicted molar refractivity (Wildman–Crippen MR) is 131 cm³/mol. The number of fused-ring (bicyclic) bond motifs is 3. The monoisotopic (exact) mass is 494 g/mol. The summed E-state index contributed by atoms with van der Waals surface area (Å²) in [6, 6.07) is 7.12. The van der Waals surface area contributed by atoms with Gasteiger partial charge in [0.1, 0.15) is 22.6 Å². The zero-order valence-electron chi connectivity index (χ0n) is 19.2. The summed E-state index contributed by atoms with van der Waals surface area (Å²) >= 11 is 7.84. The highest BCUT2D eigenvalue weighted by Crippen LogP contribution is 2.39. The number of aliphatic imine (C=N–C) groups is 1. The molecule has 0 aliphatic carbocycles. The Morgan fingerprint density at radius 3 is 2.62 bits per heavy atom. The van der Waals surface area contributed by atoms with Crippen LogP contribution in [0.25, 0.3) is 5.00 Å². The smallest absolute Gasteiger partial charge is 0.222 e. The lowest BCUT2D eigenvalue weighted by molar-refractivity contribution is -0.121. The van der Waals surface area contributed by atoms with Crippen LogP contribution in [0.5, 0.6) is 0 Å². The average Bonchev–Trinajstić information content (AvgIpc) is 3.45. The molecule has 0 spiro atoms. The maximum atomic E-state index is 12.9. The number of amides is 1. The molecule has 0 unspecified atom stereocenters. The maximum Gasteiger partial charge on any atom is 0.222 e. The minimum absolute atomic E-state index is 0.127. The van der Waals surface area contributed by atoms with Crippen LogP contribution in [0.4, 0.5) is 0 Å². The summed E-state index contributed by atoms with van der Waals surface area (Å²) in [5.41, 5.74) is 4.64. The van der Waals surface area contributed by atoms with Gasteiger partial charge in [0.05, 0.1) is 18.7 Å². The molecule has 1 atom stereocenters. The van der Waals surface area contributed by atoms with Crippen molar-refractivity contribution in [2.45, 2.75) is 39.8 Å². The molecule has 1 aliphatic rings. The highest BCUT2D eigenvalue weighted by molar-refractivity contribution is 7.15. The van der Waals surface area contributed by atoms with Crippen molar-refractivity contribution in [2.75, 3.05) is 0 Å². The van der Waals surface area contributed by atoms with Crippen LogP contribution in [0.15, 0.2) is 35.5 Å². The third kappa shape index (κ3) is 4.03. The van der Waals surface area contributed by atoms with Crippen molar-refractivity contribution in [2.24, 2.45) is 12.0 Å². The summed E-state index contributed by atoms with van der Waals surface area (Å²) < 4.78 is 3.64. The molecule has 0 bridgehead atoms. The number of hydrogen-bond donors (Lipinski definition) is 1. The highest BCUT2D eigenvalue weighted by atomic mass is 35.5. The van der Waals surface area contributed by atoms with Crippen molar-refractivity contribution >= 4 is 34.6 Å². The SMILES string of the molecule is Cc1sc2c(c1C)C(c1ccc(Cl)cc1)=N[C@@H](CC(=O)NCc1cn(C)nn1)c1nnc(C)n1-2. The van der Waals surface area contributed by atoms with E-state index in [4.69, 9.17) is 16.6 Å². The largest absolute Gasteiger partial charge is 0.350 e. The molecule has 0 fully saturated rings. The lowest BCUT2D eigenvalue weighted by atomic mass is 9.99. The zero-order valence-corrected chi connectivity index (χ0v) is 20.8. The van der Waals surface area contributed by atoms with Crippen LogP contribution in [-0.4, -0.2) is 41.4 Å². The van der Waals surface area contributed by atoms with Crippen LogP contribution in [0.2, 0.25) is 5.02 Å². The molecule has 9 nitrogen and oxygen atoms in total. The summed E-state index contributed by atoms with van der Waals surface area (Å²) in [6.07, 6.45) is 1.90. The van der Waals surface area contributed by atoms with E-state index in [2.05, 4.69) is 39.7 Å². The van der Waals surface area contributed by atoms with E-state index in [1.807, 2.05) is 35.8 Å². The number of hydrogen-bond acceptors (Lipinski definition) is 7. The lowest BCUT2D eigenvalue weighted by Crippen LogP contribution is -2.25. The van der Waals surface area contributed by atoms with Crippen molar-refractivity contribution in [3.05, 3.63) is 74.4 Å². The molecular weight excluding hydrogens is 472 g/mol. The third-order valence-electron chi connectivity index (χ3n) is 5.85. The Morgan fingerprint density at radius 2 is 1.91 bits per heavy atom. The van der Waals surface area contributed by atoms with E-state index in [0.717, 1.165) is 33.2 Å². The van der Waals surface area contributed by atoms with Crippen molar-refractivity contribution < 1.29 is 4.79 Å². The quantitative estimate of drug-likeness (QED) is 0.456. The van der Waals surface area contributed by atoms with E-state index in [9.17, 15) is 4.79 Å². The second kappa shape index (κ2) is 8.77. The molecule has 0 radical (unpaired) electrons. The number of halogens is 1. The van der Waals surface area contributed by atoms with E-state index in [0.29, 0.717) is 23.1 Å². The Bertz CT molecular complexity index is 1420. The first-order chi connectivity index (χ1) is 16.3. The third-order valence-corrected chi connectivity index (χ3v) is 7.30. The van der Waals surface area contributed by atoms with Crippen LogP contribution in [-0.2, 0) is 18.4 Å². The number of carbonyl (C=O) groups excluding carboxylic acids is 1. The number of rotatable bonds is 5. The molecule has 11 heteroatoms. The van der Waals surface area contributed by atoms with Gasteiger partial charge in [-0.25, -0.2) is 0 Å². The van der Waals surface area contributed by atoms with Crippen molar-refractivity contribution in [1.82, 2.24) is 35.1 Å². The van der Waals surface area contributed by atoms with Crippen molar-refractivity contribution in [3.63, 3.8) is 0 Å². The van der Waals surface area contributed by atoms with Crippen LogP contribution in [0, 0.1) is 20.8 Å². The van der Waals surface area contributed by atoms with Gasteiger partial charge in [-0.15, -0.1) is 26.6 Å². The minimum Gasteiger partial charge on any atom is -0.350 e. The fourth-order valence-corrected chi connectivity index (χ4v) is 5.39. The minimum atomic E-state index is -0.506. The Kier molecular flexibility index (Phi) is 5.78. The van der Waals surface area contributed by atoms with Gasteiger partial charge in [0, 0.05) is 34.3 Å². The molecule has 3 aromatic heterocycles. The Hall–Kier alpha value is -3.37. The van der Waals surface area contributed by atoms with Crippen LogP contribution < -0.4 is 5.32 Å².